The first-order valence-electron chi connectivity index (χ1n) is 20.4. The molecule has 0 bridgehead atoms. The van der Waals surface area contributed by atoms with E-state index < -0.39 is 49.1 Å². The first-order chi connectivity index (χ1) is 30.4. The van der Waals surface area contributed by atoms with Crippen LogP contribution in [0.5, 0.6) is 0 Å². The van der Waals surface area contributed by atoms with Gasteiger partial charge in [0, 0.05) is 48.0 Å². The number of amides is 4. The highest BCUT2D eigenvalue weighted by molar-refractivity contribution is 7.14. The molecule has 1 aromatic carbocycles. The van der Waals surface area contributed by atoms with E-state index in [-0.39, 0.29) is 44.2 Å². The van der Waals surface area contributed by atoms with Crippen molar-refractivity contribution < 1.29 is 67.4 Å². The van der Waals surface area contributed by atoms with Crippen molar-refractivity contribution in [2.45, 2.75) is 63.5 Å². The number of hydrogen-bond donors (Lipinski definition) is 10. The number of rotatable bonds is 35. The predicted molar refractivity (Wildman–Crippen MR) is 227 cm³/mol. The van der Waals surface area contributed by atoms with E-state index in [1.807, 2.05) is 11.4 Å². The zero-order chi connectivity index (χ0) is 45.7. The van der Waals surface area contributed by atoms with Crippen LogP contribution in [0.25, 0.3) is 11.3 Å². The number of aliphatic carboxylic acids is 3. The molecule has 1 aromatic heterocycles. The SMILES string of the molecule is O=C(O)CC[C@H](NC(=O)N[C@@H](CCCCNc1nc(-c2cccc(NC(=O)CCOCCOCCOCCOCCNC(=O)CN3C=C(CCCF)NN3)c2)cs1)C(=O)O)C(=O)O. The Balaban J connectivity index is 1.18. The maximum Gasteiger partial charge on any atom is 0.326 e. The molecule has 0 radical (unpaired) electrons. The van der Waals surface area contributed by atoms with Gasteiger partial charge in [-0.1, -0.05) is 12.1 Å². The van der Waals surface area contributed by atoms with Crippen molar-refractivity contribution in [3.63, 3.8) is 0 Å². The number of unbranched alkanes of at least 4 members (excludes halogenated alkanes) is 1. The van der Waals surface area contributed by atoms with Crippen molar-refractivity contribution in [1.29, 1.82) is 0 Å². The van der Waals surface area contributed by atoms with Crippen LogP contribution >= 0.6 is 11.3 Å². The Labute approximate surface area is 367 Å². The number of halogens is 1. The van der Waals surface area contributed by atoms with Gasteiger partial charge in [0.1, 0.15) is 18.6 Å². The number of hydrazine groups is 2. The molecular formula is C39H58FN9O13S. The molecule has 1 aliphatic heterocycles. The van der Waals surface area contributed by atoms with Crippen LogP contribution in [-0.2, 0) is 42.9 Å². The fourth-order valence-corrected chi connectivity index (χ4v) is 6.29. The normalized spacial score (nSPS) is 13.0. The summed E-state index contributed by atoms with van der Waals surface area (Å²) in [5, 5.41) is 44.7. The zero-order valence-corrected chi connectivity index (χ0v) is 35.7. The van der Waals surface area contributed by atoms with E-state index in [9.17, 15) is 43.4 Å². The van der Waals surface area contributed by atoms with E-state index in [1.54, 1.807) is 29.4 Å². The number of carbonyl (C=O) groups is 6. The molecule has 24 heteroatoms. The van der Waals surface area contributed by atoms with Gasteiger partial charge < -0.3 is 66.3 Å². The van der Waals surface area contributed by atoms with Crippen molar-refractivity contribution in [2.75, 3.05) is 89.8 Å². The molecule has 2 aromatic rings. The molecule has 0 spiro atoms. The molecule has 22 nitrogen and oxygen atoms in total. The maximum atomic E-state index is 12.5. The molecule has 350 valence electrons. The average Bonchev–Trinajstić information content (AvgIpc) is 3.92. The highest BCUT2D eigenvalue weighted by Gasteiger charge is 2.25. The summed E-state index contributed by atoms with van der Waals surface area (Å²) in [7, 11) is 0. The van der Waals surface area contributed by atoms with Crippen molar-refractivity contribution in [3.8, 4) is 11.3 Å². The molecule has 1 aliphatic rings. The molecule has 0 aliphatic carbocycles. The standard InChI is InChI=1S/C39H58FN9O13S/c40-12-4-7-29-24-49(48-47-29)25-34(51)41-14-16-60-18-20-62-22-21-61-19-17-59-15-11-33(50)43-28-6-3-5-27(23-28)32-26-63-39(46-32)42-13-2-1-8-30(36(54)55)44-38(58)45-31(37(56)57)9-10-35(52)53/h3,5-6,23-24,26,30-31,47-48H,1-2,4,7-22,25H2,(H,41,51)(H,42,46)(H,43,50)(H,52,53)(H,54,55)(H,56,57)(H2,44,45,58)/t30-,31-/m0/s1. The molecule has 2 heterocycles. The van der Waals surface area contributed by atoms with Crippen LogP contribution in [0, 0.1) is 0 Å². The fraction of sp³-hybridized carbons (Fsp3) is 0.564. The van der Waals surface area contributed by atoms with Crippen molar-refractivity contribution in [3.05, 3.63) is 41.5 Å². The lowest BCUT2D eigenvalue weighted by Gasteiger charge is -2.18. The number of carbonyl (C=O) groups excluding carboxylic acids is 3. The fourth-order valence-electron chi connectivity index (χ4n) is 5.54. The second-order valence-corrected chi connectivity index (χ2v) is 14.6. The first-order valence-corrected chi connectivity index (χ1v) is 21.3. The van der Waals surface area contributed by atoms with Gasteiger partial charge in [-0.05, 0) is 50.7 Å². The number of benzene rings is 1. The van der Waals surface area contributed by atoms with Gasteiger partial charge in [0.25, 0.3) is 0 Å². The lowest BCUT2D eigenvalue weighted by Crippen LogP contribution is -2.51. The zero-order valence-electron chi connectivity index (χ0n) is 34.9. The van der Waals surface area contributed by atoms with Crippen LogP contribution in [0.1, 0.15) is 51.4 Å². The van der Waals surface area contributed by atoms with Crippen LogP contribution in [0.4, 0.5) is 20.0 Å². The number of urea groups is 1. The number of thiazole rings is 1. The number of aromatic nitrogens is 1. The topological polar surface area (TPSA) is 300 Å². The summed E-state index contributed by atoms with van der Waals surface area (Å²) in [6.07, 6.45) is 3.06. The Kier molecular flexibility index (Phi) is 24.9. The van der Waals surface area contributed by atoms with Crippen molar-refractivity contribution in [2.24, 2.45) is 0 Å². The Morgan fingerprint density at radius 3 is 2.13 bits per heavy atom. The highest BCUT2D eigenvalue weighted by atomic mass is 32.1. The van der Waals surface area contributed by atoms with Gasteiger partial charge in [0.15, 0.2) is 5.13 Å². The van der Waals surface area contributed by atoms with E-state index in [0.717, 1.165) is 11.3 Å². The number of carboxylic acids is 3. The largest absolute Gasteiger partial charge is 0.481 e. The third-order valence-corrected chi connectivity index (χ3v) is 9.52. The number of nitrogens with zero attached hydrogens (tertiary/aromatic N) is 2. The third-order valence-electron chi connectivity index (χ3n) is 8.72. The molecule has 63 heavy (non-hydrogen) atoms. The van der Waals surface area contributed by atoms with Gasteiger partial charge in [-0.2, -0.15) is 0 Å². The minimum Gasteiger partial charge on any atom is -0.481 e. The Morgan fingerprint density at radius 1 is 0.794 bits per heavy atom. The summed E-state index contributed by atoms with van der Waals surface area (Å²) < 4.78 is 34.2. The molecule has 0 fully saturated rings. The molecule has 0 unspecified atom stereocenters. The van der Waals surface area contributed by atoms with Gasteiger partial charge in [-0.3, -0.25) is 23.8 Å². The quantitative estimate of drug-likeness (QED) is 0.0442. The lowest BCUT2D eigenvalue weighted by atomic mass is 10.1. The van der Waals surface area contributed by atoms with Crippen LogP contribution < -0.4 is 37.5 Å². The number of allylic oxidation sites excluding steroid dienone is 1. The molecule has 10 N–H and O–H groups in total. The Hall–Kier alpha value is -5.66. The van der Waals surface area contributed by atoms with Gasteiger partial charge in [0.2, 0.25) is 11.8 Å². The van der Waals surface area contributed by atoms with E-state index in [1.165, 1.54) is 11.3 Å². The van der Waals surface area contributed by atoms with Gasteiger partial charge >= 0.3 is 23.9 Å². The van der Waals surface area contributed by atoms with Gasteiger partial charge in [-0.15, -0.1) is 16.9 Å². The molecule has 3 rings (SSSR count). The predicted octanol–water partition coefficient (Wildman–Crippen LogP) is 1.89. The van der Waals surface area contributed by atoms with E-state index in [2.05, 4.69) is 42.5 Å². The van der Waals surface area contributed by atoms with Gasteiger partial charge in [-0.25, -0.2) is 19.4 Å². The van der Waals surface area contributed by atoms with E-state index >= 15 is 0 Å². The number of alkyl halides is 1. The van der Waals surface area contributed by atoms with Crippen LogP contribution in [0.3, 0.4) is 0 Å². The molecule has 2 atom stereocenters. The highest BCUT2D eigenvalue weighted by Crippen LogP contribution is 2.27. The number of nitrogens with one attached hydrogen (secondary N) is 7. The summed E-state index contributed by atoms with van der Waals surface area (Å²) in [5.74, 6) is -4.36. The summed E-state index contributed by atoms with van der Waals surface area (Å²) in [5.41, 5.74) is 8.62. The average molecular weight is 912 g/mol. The summed E-state index contributed by atoms with van der Waals surface area (Å²) in [4.78, 5) is 75.1. The summed E-state index contributed by atoms with van der Waals surface area (Å²) in [6, 6.07) is 3.46. The monoisotopic (exact) mass is 911 g/mol. The van der Waals surface area contributed by atoms with Crippen LogP contribution in [0.2, 0.25) is 0 Å². The van der Waals surface area contributed by atoms with Crippen molar-refractivity contribution in [1.82, 2.24) is 36.9 Å². The van der Waals surface area contributed by atoms with Crippen molar-refractivity contribution >= 4 is 57.9 Å². The minimum atomic E-state index is -1.48. The summed E-state index contributed by atoms with van der Waals surface area (Å²) >= 11 is 1.37. The summed E-state index contributed by atoms with van der Waals surface area (Å²) in [6.45, 7) is 3.22. The third kappa shape index (κ3) is 22.8. The molecular weight excluding hydrogens is 854 g/mol. The molecule has 0 saturated carbocycles. The number of carboxylic acid groups (broad SMARTS) is 3. The molecule has 0 saturated heterocycles. The smallest absolute Gasteiger partial charge is 0.326 e. The Bertz CT molecular complexity index is 1770. The molecule has 4 amide bonds. The van der Waals surface area contributed by atoms with Gasteiger partial charge in [0.05, 0.1) is 71.6 Å². The van der Waals surface area contributed by atoms with Crippen LogP contribution in [-0.4, -0.2) is 152 Å². The number of ether oxygens (including phenoxy) is 4. The van der Waals surface area contributed by atoms with E-state index in [4.69, 9.17) is 24.1 Å². The second kappa shape index (κ2) is 30.4. The van der Waals surface area contributed by atoms with E-state index in [0.29, 0.717) is 102 Å². The first kappa shape index (κ1) is 51.7. The van der Waals surface area contributed by atoms with Crippen LogP contribution in [0.15, 0.2) is 41.5 Å². The minimum absolute atomic E-state index is 0.0740. The lowest BCUT2D eigenvalue weighted by molar-refractivity contribution is -0.141. The number of hydrogen-bond acceptors (Lipinski definition) is 16. The Morgan fingerprint density at radius 2 is 1.46 bits per heavy atom. The maximum absolute atomic E-state index is 12.5. The number of anilines is 2. The second-order valence-electron chi connectivity index (χ2n) is 13.8.